The Labute approximate surface area is 105 Å². The average Bonchev–Trinajstić information content (AvgIpc) is 2.85. The first-order valence-corrected chi connectivity index (χ1v) is 6.89. The zero-order valence-corrected chi connectivity index (χ0v) is 10.9. The standard InChI is InChI=1S/C12H18N2O2S/c1-16-11(15)10-8-14-12(17-10)13-7-9-5-3-2-4-6-9/h8-9H,2-7H2,1H3,(H,13,14). The first-order chi connectivity index (χ1) is 8.29. The van der Waals surface area contributed by atoms with Gasteiger partial charge in [-0.1, -0.05) is 30.6 Å². The first-order valence-electron chi connectivity index (χ1n) is 6.07. The van der Waals surface area contributed by atoms with Crippen LogP contribution in [0.1, 0.15) is 41.8 Å². The summed E-state index contributed by atoms with van der Waals surface area (Å²) in [4.78, 5) is 16.0. The van der Waals surface area contributed by atoms with Crippen LogP contribution < -0.4 is 5.32 Å². The maximum absolute atomic E-state index is 11.3. The van der Waals surface area contributed by atoms with Crippen molar-refractivity contribution < 1.29 is 9.53 Å². The molecular formula is C12H18N2O2S. The molecule has 0 unspecified atom stereocenters. The molecule has 0 bridgehead atoms. The molecule has 17 heavy (non-hydrogen) atoms. The molecule has 0 amide bonds. The maximum Gasteiger partial charge on any atom is 0.349 e. The predicted molar refractivity (Wildman–Crippen MR) is 68.5 cm³/mol. The summed E-state index contributed by atoms with van der Waals surface area (Å²) in [5, 5.41) is 4.13. The van der Waals surface area contributed by atoms with Gasteiger partial charge in [-0.25, -0.2) is 9.78 Å². The third kappa shape index (κ3) is 3.43. The second-order valence-electron chi connectivity index (χ2n) is 4.41. The number of carbonyl (C=O) groups excluding carboxylic acids is 1. The van der Waals surface area contributed by atoms with Crippen LogP contribution >= 0.6 is 11.3 Å². The third-order valence-electron chi connectivity index (χ3n) is 3.16. The molecule has 1 heterocycles. The van der Waals surface area contributed by atoms with E-state index in [-0.39, 0.29) is 5.97 Å². The highest BCUT2D eigenvalue weighted by Gasteiger charge is 2.14. The summed E-state index contributed by atoms with van der Waals surface area (Å²) < 4.78 is 4.65. The van der Waals surface area contributed by atoms with Crippen LogP contribution in [0.4, 0.5) is 5.13 Å². The topological polar surface area (TPSA) is 51.2 Å². The SMILES string of the molecule is COC(=O)c1cnc(NCC2CCCCC2)s1. The predicted octanol–water partition coefficient (Wildman–Crippen LogP) is 2.92. The van der Waals surface area contributed by atoms with E-state index in [9.17, 15) is 4.79 Å². The lowest BCUT2D eigenvalue weighted by Gasteiger charge is -2.21. The highest BCUT2D eigenvalue weighted by atomic mass is 32.1. The molecule has 1 aromatic heterocycles. The van der Waals surface area contributed by atoms with Gasteiger partial charge in [0.15, 0.2) is 5.13 Å². The number of anilines is 1. The molecule has 0 aliphatic heterocycles. The Morgan fingerprint density at radius 1 is 1.53 bits per heavy atom. The van der Waals surface area contributed by atoms with Crippen LogP contribution in [0.2, 0.25) is 0 Å². The lowest BCUT2D eigenvalue weighted by atomic mass is 9.89. The molecule has 1 aliphatic rings. The molecule has 1 saturated carbocycles. The molecule has 0 atom stereocenters. The molecule has 1 aliphatic carbocycles. The lowest BCUT2D eigenvalue weighted by molar-refractivity contribution is 0.0606. The Kier molecular flexibility index (Phi) is 4.36. The Morgan fingerprint density at radius 2 is 2.29 bits per heavy atom. The van der Waals surface area contributed by atoms with Gasteiger partial charge in [-0.3, -0.25) is 0 Å². The fourth-order valence-electron chi connectivity index (χ4n) is 2.17. The number of hydrogen-bond donors (Lipinski definition) is 1. The second kappa shape index (κ2) is 6.00. The highest BCUT2D eigenvalue weighted by molar-refractivity contribution is 7.17. The van der Waals surface area contributed by atoms with Crippen LogP contribution in [0.5, 0.6) is 0 Å². The fraction of sp³-hybridized carbons (Fsp3) is 0.667. The number of hydrogen-bond acceptors (Lipinski definition) is 5. The van der Waals surface area contributed by atoms with Gasteiger partial charge in [0, 0.05) is 6.54 Å². The van der Waals surface area contributed by atoms with Crippen molar-refractivity contribution in [1.82, 2.24) is 4.98 Å². The maximum atomic E-state index is 11.3. The first kappa shape index (κ1) is 12.4. The summed E-state index contributed by atoms with van der Waals surface area (Å²) in [5.41, 5.74) is 0. The van der Waals surface area contributed by atoms with E-state index in [1.54, 1.807) is 6.20 Å². The van der Waals surface area contributed by atoms with E-state index in [4.69, 9.17) is 0 Å². The average molecular weight is 254 g/mol. The third-order valence-corrected chi connectivity index (χ3v) is 4.09. The number of thiazole rings is 1. The van der Waals surface area contributed by atoms with Crippen molar-refractivity contribution in [2.24, 2.45) is 5.92 Å². The van der Waals surface area contributed by atoms with E-state index in [0.29, 0.717) is 4.88 Å². The van der Waals surface area contributed by atoms with Crippen molar-refractivity contribution in [3.05, 3.63) is 11.1 Å². The molecule has 5 heteroatoms. The number of methoxy groups -OCH3 is 1. The quantitative estimate of drug-likeness (QED) is 0.839. The number of nitrogens with one attached hydrogen (secondary N) is 1. The molecule has 0 spiro atoms. The number of ether oxygens (including phenoxy) is 1. The van der Waals surface area contributed by atoms with E-state index in [0.717, 1.165) is 17.6 Å². The summed E-state index contributed by atoms with van der Waals surface area (Å²) >= 11 is 1.36. The molecule has 0 radical (unpaired) electrons. The van der Waals surface area contributed by atoms with Gasteiger partial charge in [-0.05, 0) is 18.8 Å². The van der Waals surface area contributed by atoms with Gasteiger partial charge in [0.1, 0.15) is 4.88 Å². The summed E-state index contributed by atoms with van der Waals surface area (Å²) in [7, 11) is 1.39. The largest absolute Gasteiger partial charge is 0.465 e. The summed E-state index contributed by atoms with van der Waals surface area (Å²) in [6, 6.07) is 0. The van der Waals surface area contributed by atoms with E-state index in [2.05, 4.69) is 15.0 Å². The van der Waals surface area contributed by atoms with Crippen molar-refractivity contribution in [1.29, 1.82) is 0 Å². The number of aromatic nitrogens is 1. The zero-order valence-electron chi connectivity index (χ0n) is 10.1. The Hall–Kier alpha value is -1.10. The molecule has 1 aromatic rings. The van der Waals surface area contributed by atoms with Crippen molar-refractivity contribution in [3.63, 3.8) is 0 Å². The van der Waals surface area contributed by atoms with Crippen molar-refractivity contribution >= 4 is 22.4 Å². The molecule has 0 aromatic carbocycles. The highest BCUT2D eigenvalue weighted by Crippen LogP contribution is 2.25. The van der Waals surface area contributed by atoms with Crippen LogP contribution in [-0.2, 0) is 4.74 Å². The normalized spacial score (nSPS) is 16.8. The van der Waals surface area contributed by atoms with Crippen molar-refractivity contribution in [2.45, 2.75) is 32.1 Å². The Bertz CT molecular complexity index is 372. The molecule has 94 valence electrons. The van der Waals surface area contributed by atoms with Gasteiger partial charge >= 0.3 is 5.97 Å². The minimum Gasteiger partial charge on any atom is -0.465 e. The molecule has 4 nitrogen and oxygen atoms in total. The minimum absolute atomic E-state index is 0.312. The smallest absolute Gasteiger partial charge is 0.349 e. The van der Waals surface area contributed by atoms with Gasteiger partial charge in [-0.15, -0.1) is 0 Å². The van der Waals surface area contributed by atoms with Gasteiger partial charge < -0.3 is 10.1 Å². The molecule has 2 rings (SSSR count). The zero-order chi connectivity index (χ0) is 12.1. The van der Waals surface area contributed by atoms with E-state index in [1.807, 2.05) is 0 Å². The van der Waals surface area contributed by atoms with Crippen molar-refractivity contribution in [3.8, 4) is 0 Å². The number of carbonyl (C=O) groups is 1. The molecular weight excluding hydrogens is 236 g/mol. The number of rotatable bonds is 4. The van der Waals surface area contributed by atoms with Gasteiger partial charge in [0.05, 0.1) is 13.3 Å². The van der Waals surface area contributed by atoms with Crippen LogP contribution in [0.15, 0.2) is 6.20 Å². The Balaban J connectivity index is 1.82. The number of nitrogens with zero attached hydrogens (tertiary/aromatic N) is 1. The molecule has 0 saturated heterocycles. The van der Waals surface area contributed by atoms with Gasteiger partial charge in [0.2, 0.25) is 0 Å². The van der Waals surface area contributed by atoms with E-state index >= 15 is 0 Å². The van der Waals surface area contributed by atoms with Crippen LogP contribution in [0.25, 0.3) is 0 Å². The van der Waals surface area contributed by atoms with Gasteiger partial charge in [-0.2, -0.15) is 0 Å². The lowest BCUT2D eigenvalue weighted by Crippen LogP contribution is -2.16. The van der Waals surface area contributed by atoms with E-state index in [1.165, 1.54) is 50.6 Å². The van der Waals surface area contributed by atoms with Crippen molar-refractivity contribution in [2.75, 3.05) is 19.0 Å². The fourth-order valence-corrected chi connectivity index (χ4v) is 2.92. The molecule has 1 fully saturated rings. The summed E-state index contributed by atoms with van der Waals surface area (Å²) in [5.74, 6) is 0.447. The monoisotopic (exact) mass is 254 g/mol. The minimum atomic E-state index is -0.312. The van der Waals surface area contributed by atoms with Gasteiger partial charge in [0.25, 0.3) is 0 Å². The van der Waals surface area contributed by atoms with Crippen LogP contribution in [0.3, 0.4) is 0 Å². The Morgan fingerprint density at radius 3 is 3.00 bits per heavy atom. The number of esters is 1. The summed E-state index contributed by atoms with van der Waals surface area (Å²) in [6.07, 6.45) is 8.25. The van der Waals surface area contributed by atoms with Crippen LogP contribution in [-0.4, -0.2) is 24.6 Å². The molecule has 1 N–H and O–H groups in total. The second-order valence-corrected chi connectivity index (χ2v) is 5.44. The summed E-state index contributed by atoms with van der Waals surface area (Å²) in [6.45, 7) is 0.966. The van der Waals surface area contributed by atoms with Crippen LogP contribution in [0, 0.1) is 5.92 Å². The van der Waals surface area contributed by atoms with E-state index < -0.39 is 0 Å².